The van der Waals surface area contributed by atoms with Crippen LogP contribution in [0.4, 0.5) is 14.5 Å². The van der Waals surface area contributed by atoms with Crippen LogP contribution in [0, 0.1) is 11.6 Å². The van der Waals surface area contributed by atoms with Crippen LogP contribution in [-0.4, -0.2) is 47.8 Å². The summed E-state index contributed by atoms with van der Waals surface area (Å²) in [6, 6.07) is 18.1. The van der Waals surface area contributed by atoms with Crippen molar-refractivity contribution in [1.82, 2.24) is 19.9 Å². The summed E-state index contributed by atoms with van der Waals surface area (Å²) in [5.74, 6) is -1.67. The number of ether oxygens (including phenoxy) is 3. The van der Waals surface area contributed by atoms with Crippen molar-refractivity contribution in [3.63, 3.8) is 0 Å². The molecule has 4 aromatic heterocycles. The van der Waals surface area contributed by atoms with Gasteiger partial charge in [0.2, 0.25) is 0 Å². The number of thiophene rings is 1. The smallest absolute Gasteiger partial charge is 0.271 e. The maximum atomic E-state index is 15.3. The third-order valence-corrected chi connectivity index (χ3v) is 8.44. The number of methoxy groups -OCH3 is 2. The number of hydrogen-bond donors (Lipinski definition) is 2. The highest BCUT2D eigenvalue weighted by Crippen LogP contribution is 2.39. The van der Waals surface area contributed by atoms with E-state index < -0.39 is 23.1 Å². The lowest BCUT2D eigenvalue weighted by Gasteiger charge is -2.13. The van der Waals surface area contributed by atoms with E-state index in [1.807, 2.05) is 24.4 Å². The van der Waals surface area contributed by atoms with Crippen LogP contribution in [0.1, 0.15) is 15.9 Å². The minimum atomic E-state index is -0.813. The van der Waals surface area contributed by atoms with Gasteiger partial charge < -0.3 is 24.8 Å². The van der Waals surface area contributed by atoms with Gasteiger partial charge in [-0.15, -0.1) is 11.3 Å². The van der Waals surface area contributed by atoms with Crippen molar-refractivity contribution in [2.45, 2.75) is 6.54 Å². The SMILES string of the molecule is COCCNCc1ccc(-c2cc3nccc(Oc4ccc(NC(=O)c5c(OC)ccn(-c6ccc(F)cc6)c5=O)cc4F)c3s2)nc1. The van der Waals surface area contributed by atoms with Crippen molar-refractivity contribution in [1.29, 1.82) is 0 Å². The largest absolute Gasteiger partial charge is 0.496 e. The molecule has 0 aliphatic rings. The third kappa shape index (κ3) is 7.08. The van der Waals surface area contributed by atoms with E-state index in [0.717, 1.165) is 28.7 Å². The molecule has 0 fully saturated rings. The number of hydrogen-bond acceptors (Lipinski definition) is 9. The molecule has 6 rings (SSSR count). The first-order chi connectivity index (χ1) is 23.3. The first kappa shape index (κ1) is 32.4. The average Bonchev–Trinajstić information content (AvgIpc) is 3.54. The minimum absolute atomic E-state index is 0.0226. The fraction of sp³-hybridized carbons (Fsp3) is 0.143. The molecule has 0 bridgehead atoms. The van der Waals surface area contributed by atoms with Crippen molar-refractivity contribution in [2.24, 2.45) is 0 Å². The lowest BCUT2D eigenvalue weighted by atomic mass is 10.2. The Morgan fingerprint density at radius 3 is 2.50 bits per heavy atom. The van der Waals surface area contributed by atoms with Gasteiger partial charge in [-0.05, 0) is 60.2 Å². The lowest BCUT2D eigenvalue weighted by Crippen LogP contribution is -2.29. The van der Waals surface area contributed by atoms with Gasteiger partial charge >= 0.3 is 0 Å². The van der Waals surface area contributed by atoms with E-state index in [9.17, 15) is 14.0 Å². The molecule has 0 saturated carbocycles. The number of fused-ring (bicyclic) bond motifs is 1. The van der Waals surface area contributed by atoms with E-state index >= 15 is 4.39 Å². The first-order valence-electron chi connectivity index (χ1n) is 14.7. The molecule has 0 aliphatic heterocycles. The highest BCUT2D eigenvalue weighted by Gasteiger charge is 2.21. The van der Waals surface area contributed by atoms with Gasteiger partial charge in [0.1, 0.15) is 22.9 Å². The third-order valence-electron chi connectivity index (χ3n) is 7.28. The second-order valence-corrected chi connectivity index (χ2v) is 11.5. The minimum Gasteiger partial charge on any atom is -0.496 e. The number of aromatic nitrogens is 3. The molecule has 1 amide bonds. The van der Waals surface area contributed by atoms with Crippen LogP contribution in [0.5, 0.6) is 17.2 Å². The number of amides is 1. The van der Waals surface area contributed by atoms with E-state index in [4.69, 9.17) is 14.2 Å². The van der Waals surface area contributed by atoms with Crippen LogP contribution in [0.15, 0.2) is 96.2 Å². The molecule has 0 aliphatic carbocycles. The number of benzene rings is 2. The Morgan fingerprint density at radius 2 is 1.77 bits per heavy atom. The maximum absolute atomic E-state index is 15.3. The van der Waals surface area contributed by atoms with E-state index in [-0.39, 0.29) is 22.7 Å². The lowest BCUT2D eigenvalue weighted by molar-refractivity contribution is 0.102. The molecule has 0 unspecified atom stereocenters. The van der Waals surface area contributed by atoms with E-state index in [0.29, 0.717) is 34.8 Å². The number of nitrogens with one attached hydrogen (secondary N) is 2. The highest BCUT2D eigenvalue weighted by atomic mass is 32.1. The van der Waals surface area contributed by atoms with Crippen LogP contribution in [0.3, 0.4) is 0 Å². The normalized spacial score (nSPS) is 11.1. The fourth-order valence-electron chi connectivity index (χ4n) is 4.88. The van der Waals surface area contributed by atoms with Crippen LogP contribution in [0.2, 0.25) is 0 Å². The summed E-state index contributed by atoms with van der Waals surface area (Å²) in [7, 11) is 2.98. The predicted octanol–water partition coefficient (Wildman–Crippen LogP) is 6.58. The standard InChI is InChI=1S/C35H29F2N5O5S/c1-45-16-14-38-19-21-3-9-26(40-20-21)31-18-27-33(48-31)30(11-13-39-27)47-28-10-6-23(17-25(28)37)41-34(43)32-29(46-2)12-15-42(35(32)44)24-7-4-22(36)5-8-24/h3-13,15,17-18,20,38H,14,16,19H2,1-2H3,(H,41,43). The van der Waals surface area contributed by atoms with Crippen LogP contribution in [-0.2, 0) is 11.3 Å². The van der Waals surface area contributed by atoms with E-state index in [1.54, 1.807) is 19.4 Å². The van der Waals surface area contributed by atoms with Gasteiger partial charge in [0.25, 0.3) is 11.5 Å². The van der Waals surface area contributed by atoms with Gasteiger partial charge in [-0.2, -0.15) is 0 Å². The molecule has 4 heterocycles. The molecule has 2 N–H and O–H groups in total. The summed E-state index contributed by atoms with van der Waals surface area (Å²) in [6.07, 6.45) is 4.81. The second-order valence-electron chi connectivity index (χ2n) is 10.5. The van der Waals surface area contributed by atoms with Crippen LogP contribution < -0.4 is 25.7 Å². The number of anilines is 1. The van der Waals surface area contributed by atoms with E-state index in [2.05, 4.69) is 20.6 Å². The van der Waals surface area contributed by atoms with Gasteiger partial charge in [-0.3, -0.25) is 24.1 Å². The number of carbonyl (C=O) groups is 1. The van der Waals surface area contributed by atoms with E-state index in [1.165, 1.54) is 71.7 Å². The van der Waals surface area contributed by atoms with Gasteiger partial charge in [-0.25, -0.2) is 8.78 Å². The zero-order valence-electron chi connectivity index (χ0n) is 25.8. The molecule has 0 spiro atoms. The van der Waals surface area contributed by atoms with Gasteiger partial charge in [0, 0.05) is 62.3 Å². The summed E-state index contributed by atoms with van der Waals surface area (Å²) in [5.41, 5.74) is 1.92. The Labute approximate surface area is 277 Å². The molecule has 0 radical (unpaired) electrons. The molecule has 0 atom stereocenters. The van der Waals surface area contributed by atoms with Crippen LogP contribution >= 0.6 is 11.3 Å². The van der Waals surface area contributed by atoms with Crippen molar-refractivity contribution in [2.75, 3.05) is 32.7 Å². The number of halogens is 2. The summed E-state index contributed by atoms with van der Waals surface area (Å²) in [5, 5.41) is 5.84. The number of pyridine rings is 3. The van der Waals surface area contributed by atoms with Crippen LogP contribution in [0.25, 0.3) is 26.5 Å². The summed E-state index contributed by atoms with van der Waals surface area (Å²) in [4.78, 5) is 36.5. The summed E-state index contributed by atoms with van der Waals surface area (Å²) >= 11 is 1.42. The Bertz CT molecular complexity index is 2140. The molecular weight excluding hydrogens is 640 g/mol. The van der Waals surface area contributed by atoms with Crippen molar-refractivity contribution in [3.05, 3.63) is 125 Å². The fourth-order valence-corrected chi connectivity index (χ4v) is 5.92. The second kappa shape index (κ2) is 14.5. The quantitative estimate of drug-likeness (QED) is 0.141. The van der Waals surface area contributed by atoms with Gasteiger partial charge in [0.15, 0.2) is 11.6 Å². The highest BCUT2D eigenvalue weighted by molar-refractivity contribution is 7.22. The average molecular weight is 670 g/mol. The molecule has 244 valence electrons. The summed E-state index contributed by atoms with van der Waals surface area (Å²) in [6.45, 7) is 2.05. The van der Waals surface area contributed by atoms with Crippen molar-refractivity contribution in [3.8, 4) is 33.5 Å². The molecule has 13 heteroatoms. The number of nitrogens with zero attached hydrogens (tertiary/aromatic N) is 3. The topological polar surface area (TPSA) is 117 Å². The Kier molecular flexibility index (Phi) is 9.80. The molecule has 0 saturated heterocycles. The molecule has 48 heavy (non-hydrogen) atoms. The van der Waals surface area contributed by atoms with Gasteiger partial charge in [-0.1, -0.05) is 6.07 Å². The molecule has 10 nitrogen and oxygen atoms in total. The zero-order valence-corrected chi connectivity index (χ0v) is 26.6. The van der Waals surface area contributed by atoms with Crippen molar-refractivity contribution < 1.29 is 27.8 Å². The predicted molar refractivity (Wildman–Crippen MR) is 179 cm³/mol. The Hall–Kier alpha value is -5.50. The Morgan fingerprint density at radius 1 is 0.938 bits per heavy atom. The summed E-state index contributed by atoms with van der Waals surface area (Å²) < 4.78 is 46.9. The first-order valence-corrected chi connectivity index (χ1v) is 15.5. The molecule has 6 aromatic rings. The number of carbonyl (C=O) groups excluding carboxylic acids is 1. The van der Waals surface area contributed by atoms with Crippen molar-refractivity contribution >= 4 is 33.1 Å². The maximum Gasteiger partial charge on any atom is 0.271 e. The number of rotatable bonds is 12. The zero-order chi connectivity index (χ0) is 33.6. The monoisotopic (exact) mass is 669 g/mol. The molecule has 2 aromatic carbocycles. The van der Waals surface area contributed by atoms with Gasteiger partial charge in [0.05, 0.1) is 34.5 Å². The molecular formula is C35H29F2N5O5S. The Balaban J connectivity index is 1.19.